The van der Waals surface area contributed by atoms with Gasteiger partial charge in [-0.1, -0.05) is 18.2 Å². The lowest BCUT2D eigenvalue weighted by atomic mass is 10.0. The summed E-state index contributed by atoms with van der Waals surface area (Å²) in [5.74, 6) is 1.17. The quantitative estimate of drug-likeness (QED) is 0.417. The van der Waals surface area contributed by atoms with Crippen molar-refractivity contribution < 1.29 is 39.4 Å². The topological polar surface area (TPSA) is 118 Å². The molecule has 0 saturated heterocycles. The third kappa shape index (κ3) is 4.61. The van der Waals surface area contributed by atoms with Gasteiger partial charge >= 0.3 is 0 Å². The lowest BCUT2D eigenvalue weighted by molar-refractivity contribution is -0.0124. The van der Waals surface area contributed by atoms with Crippen molar-refractivity contribution in [3.05, 3.63) is 65.2 Å². The van der Waals surface area contributed by atoms with Crippen LogP contribution in [0.3, 0.4) is 0 Å². The van der Waals surface area contributed by atoms with Crippen LogP contribution in [-0.2, 0) is 0 Å². The second kappa shape index (κ2) is 9.22. The maximum Gasteiger partial charge on any atom is 0.200 e. The van der Waals surface area contributed by atoms with Crippen molar-refractivity contribution in [3.8, 4) is 40.2 Å². The van der Waals surface area contributed by atoms with E-state index in [1.807, 2.05) is 6.07 Å². The molecule has 1 aliphatic heterocycles. The molecule has 2 unspecified atom stereocenters. The predicted molar refractivity (Wildman–Crippen MR) is 121 cm³/mol. The molecular weight excluding hydrogens is 428 g/mol. The minimum Gasteiger partial charge on any atom is -0.508 e. The highest BCUT2D eigenvalue weighted by Gasteiger charge is 2.34. The Balaban J connectivity index is 1.65. The van der Waals surface area contributed by atoms with E-state index < -0.39 is 12.2 Å². The predicted octanol–water partition coefficient (Wildman–Crippen LogP) is 3.86. The molecule has 0 bridgehead atoms. The maximum absolute atomic E-state index is 10.2. The van der Waals surface area contributed by atoms with Crippen molar-refractivity contribution >= 4 is 12.2 Å². The molecule has 2 atom stereocenters. The van der Waals surface area contributed by atoms with Crippen LogP contribution < -0.4 is 18.9 Å². The molecule has 8 nitrogen and oxygen atoms in total. The molecule has 4 rings (SSSR count). The average molecular weight is 452 g/mol. The zero-order valence-electron chi connectivity index (χ0n) is 18.1. The molecule has 33 heavy (non-hydrogen) atoms. The molecule has 1 heterocycles. The number of aliphatic hydroxyl groups excluding tert-OH is 1. The first-order valence-corrected chi connectivity index (χ1v) is 10.2. The van der Waals surface area contributed by atoms with Crippen LogP contribution in [0.25, 0.3) is 12.2 Å². The third-order valence-electron chi connectivity index (χ3n) is 5.24. The number of phenolic OH excluding ortho intramolecular Hbond substituents is 3. The average Bonchev–Trinajstić information content (AvgIpc) is 2.81. The Morgan fingerprint density at radius 2 is 1.42 bits per heavy atom. The minimum absolute atomic E-state index is 0.0329. The molecule has 172 valence electrons. The number of ether oxygens (including phenoxy) is 4. The van der Waals surface area contributed by atoms with Crippen LogP contribution in [0.2, 0.25) is 0 Å². The normalized spacial score (nSPS) is 17.2. The number of rotatable bonds is 6. The van der Waals surface area contributed by atoms with Crippen molar-refractivity contribution in [1.82, 2.24) is 0 Å². The van der Waals surface area contributed by atoms with Gasteiger partial charge in [-0.25, -0.2) is 0 Å². The highest BCUT2D eigenvalue weighted by atomic mass is 16.6. The Morgan fingerprint density at radius 3 is 2.03 bits per heavy atom. The summed E-state index contributed by atoms with van der Waals surface area (Å²) in [6.07, 6.45) is 2.17. The zero-order valence-corrected chi connectivity index (χ0v) is 18.1. The molecule has 8 heteroatoms. The highest BCUT2D eigenvalue weighted by Crippen LogP contribution is 2.44. The van der Waals surface area contributed by atoms with Crippen LogP contribution in [0.4, 0.5) is 0 Å². The van der Waals surface area contributed by atoms with E-state index in [1.54, 1.807) is 36.4 Å². The molecule has 0 amide bonds. The molecule has 0 aliphatic carbocycles. The van der Waals surface area contributed by atoms with Crippen molar-refractivity contribution in [2.75, 3.05) is 20.8 Å². The lowest BCUT2D eigenvalue weighted by Crippen LogP contribution is -2.36. The van der Waals surface area contributed by atoms with E-state index >= 15 is 0 Å². The first-order valence-electron chi connectivity index (χ1n) is 10.2. The van der Waals surface area contributed by atoms with Gasteiger partial charge < -0.3 is 39.4 Å². The van der Waals surface area contributed by atoms with E-state index in [1.165, 1.54) is 32.4 Å². The van der Waals surface area contributed by atoms with E-state index in [0.29, 0.717) is 22.6 Å². The molecule has 3 aromatic rings. The fourth-order valence-corrected chi connectivity index (χ4v) is 3.66. The number of aromatic hydroxyl groups is 3. The molecular formula is C25H24O8. The first-order chi connectivity index (χ1) is 15.9. The summed E-state index contributed by atoms with van der Waals surface area (Å²) in [7, 11) is 2.86. The summed E-state index contributed by atoms with van der Waals surface area (Å²) < 4.78 is 22.6. The molecule has 0 saturated carbocycles. The van der Waals surface area contributed by atoms with Gasteiger partial charge in [-0.05, 0) is 47.5 Å². The van der Waals surface area contributed by atoms with Crippen LogP contribution in [0.1, 0.15) is 22.8 Å². The Labute approximate surface area is 190 Å². The van der Waals surface area contributed by atoms with Gasteiger partial charge in [0.2, 0.25) is 5.75 Å². The number of benzene rings is 3. The Morgan fingerprint density at radius 1 is 0.788 bits per heavy atom. The summed E-state index contributed by atoms with van der Waals surface area (Å²) >= 11 is 0. The highest BCUT2D eigenvalue weighted by molar-refractivity contribution is 5.72. The SMILES string of the molecule is COc1cc(C2Oc3cc(C=Cc4cc(O)cc(O)c4)ccc3OC2CO)cc(OC)c1O. The molecule has 4 N–H and O–H groups in total. The molecule has 0 spiro atoms. The van der Waals surface area contributed by atoms with E-state index in [9.17, 15) is 20.4 Å². The number of hydrogen-bond donors (Lipinski definition) is 4. The first kappa shape index (κ1) is 22.2. The van der Waals surface area contributed by atoms with Crippen LogP contribution in [0.5, 0.6) is 40.2 Å². The van der Waals surface area contributed by atoms with Gasteiger partial charge in [0.05, 0.1) is 20.8 Å². The standard InChI is InChI=1S/C25H24O8/c1-30-21-10-16(11-22(31-2)24(21)29)25-23(13-26)32-19-6-5-14(9-20(19)33-25)3-4-15-7-17(27)12-18(28)8-15/h3-12,23,25-29H,13H2,1-2H3. The summed E-state index contributed by atoms with van der Waals surface area (Å²) in [4.78, 5) is 0. The Hall–Kier alpha value is -4.04. The van der Waals surface area contributed by atoms with Gasteiger partial charge in [0.1, 0.15) is 11.5 Å². The summed E-state index contributed by atoms with van der Waals surface area (Å²) in [5, 5.41) is 39.4. The van der Waals surface area contributed by atoms with E-state index in [0.717, 1.165) is 5.56 Å². The van der Waals surface area contributed by atoms with Crippen molar-refractivity contribution in [2.45, 2.75) is 12.2 Å². The minimum atomic E-state index is -0.687. The van der Waals surface area contributed by atoms with Crippen LogP contribution in [-0.4, -0.2) is 47.4 Å². The molecule has 1 aliphatic rings. The van der Waals surface area contributed by atoms with Crippen LogP contribution >= 0.6 is 0 Å². The summed E-state index contributed by atoms with van der Waals surface area (Å²) in [6, 6.07) is 12.9. The number of aliphatic hydroxyl groups is 1. The molecule has 3 aromatic carbocycles. The van der Waals surface area contributed by atoms with Crippen LogP contribution in [0.15, 0.2) is 48.5 Å². The number of methoxy groups -OCH3 is 2. The number of hydrogen-bond acceptors (Lipinski definition) is 8. The lowest BCUT2D eigenvalue weighted by Gasteiger charge is -2.33. The van der Waals surface area contributed by atoms with Crippen molar-refractivity contribution in [2.24, 2.45) is 0 Å². The monoisotopic (exact) mass is 452 g/mol. The Kier molecular flexibility index (Phi) is 6.19. The van der Waals surface area contributed by atoms with Gasteiger partial charge in [0.15, 0.2) is 35.2 Å². The molecule has 0 radical (unpaired) electrons. The van der Waals surface area contributed by atoms with Gasteiger partial charge in [-0.3, -0.25) is 0 Å². The maximum atomic E-state index is 10.2. The second-order valence-electron chi connectivity index (χ2n) is 7.47. The second-order valence-corrected chi connectivity index (χ2v) is 7.47. The van der Waals surface area contributed by atoms with Gasteiger partial charge in [-0.2, -0.15) is 0 Å². The van der Waals surface area contributed by atoms with Gasteiger partial charge in [-0.15, -0.1) is 0 Å². The smallest absolute Gasteiger partial charge is 0.200 e. The van der Waals surface area contributed by atoms with E-state index in [2.05, 4.69) is 0 Å². The fourth-order valence-electron chi connectivity index (χ4n) is 3.66. The third-order valence-corrected chi connectivity index (χ3v) is 5.24. The summed E-state index contributed by atoms with van der Waals surface area (Å²) in [5.41, 5.74) is 2.02. The van der Waals surface area contributed by atoms with Crippen molar-refractivity contribution in [1.29, 1.82) is 0 Å². The molecule has 0 fully saturated rings. The van der Waals surface area contributed by atoms with Gasteiger partial charge in [0.25, 0.3) is 0 Å². The largest absolute Gasteiger partial charge is 0.508 e. The van der Waals surface area contributed by atoms with E-state index in [4.69, 9.17) is 18.9 Å². The number of phenols is 3. The van der Waals surface area contributed by atoms with Gasteiger partial charge in [0, 0.05) is 11.6 Å². The summed E-state index contributed by atoms with van der Waals surface area (Å²) in [6.45, 7) is -0.293. The molecule has 0 aromatic heterocycles. The van der Waals surface area contributed by atoms with Crippen molar-refractivity contribution in [3.63, 3.8) is 0 Å². The van der Waals surface area contributed by atoms with E-state index in [-0.39, 0.29) is 35.4 Å². The number of fused-ring (bicyclic) bond motifs is 1. The van der Waals surface area contributed by atoms with Crippen LogP contribution in [0, 0.1) is 0 Å². The Bertz CT molecular complexity index is 1140. The zero-order chi connectivity index (χ0) is 23.5. The fraction of sp³-hybridized carbons (Fsp3) is 0.200.